The SMILES string of the molecule is N#Cc1cc2c([nH]c1=O)CCC/C2=N\Nc1ccccc1. The highest BCUT2D eigenvalue weighted by Gasteiger charge is 2.18. The zero-order chi connectivity index (χ0) is 14.7. The Balaban J connectivity index is 1.97. The Morgan fingerprint density at radius 1 is 1.24 bits per heavy atom. The van der Waals surface area contributed by atoms with Crippen molar-refractivity contribution in [3.63, 3.8) is 0 Å². The van der Waals surface area contributed by atoms with Crippen LogP contribution in [0.2, 0.25) is 0 Å². The molecule has 5 nitrogen and oxygen atoms in total. The summed E-state index contributed by atoms with van der Waals surface area (Å²) in [4.78, 5) is 14.5. The van der Waals surface area contributed by atoms with E-state index in [1.54, 1.807) is 6.07 Å². The third-order valence-corrected chi connectivity index (χ3v) is 3.49. The summed E-state index contributed by atoms with van der Waals surface area (Å²) >= 11 is 0. The smallest absolute Gasteiger partial charge is 0.266 e. The number of para-hydroxylation sites is 1. The van der Waals surface area contributed by atoms with Crippen molar-refractivity contribution >= 4 is 11.4 Å². The molecule has 2 aromatic rings. The molecule has 1 heterocycles. The number of nitrogens with zero attached hydrogens (tertiary/aromatic N) is 2. The van der Waals surface area contributed by atoms with E-state index < -0.39 is 0 Å². The average molecular weight is 278 g/mol. The van der Waals surface area contributed by atoms with Gasteiger partial charge < -0.3 is 4.98 Å². The predicted molar refractivity (Wildman–Crippen MR) is 81.3 cm³/mol. The summed E-state index contributed by atoms with van der Waals surface area (Å²) < 4.78 is 0. The van der Waals surface area contributed by atoms with Gasteiger partial charge in [-0.3, -0.25) is 10.2 Å². The van der Waals surface area contributed by atoms with Crippen LogP contribution in [0.25, 0.3) is 0 Å². The number of hydrogen-bond acceptors (Lipinski definition) is 4. The van der Waals surface area contributed by atoms with Gasteiger partial charge in [-0.2, -0.15) is 10.4 Å². The van der Waals surface area contributed by atoms with E-state index in [-0.39, 0.29) is 11.1 Å². The summed E-state index contributed by atoms with van der Waals surface area (Å²) in [5, 5.41) is 13.4. The maximum Gasteiger partial charge on any atom is 0.266 e. The lowest BCUT2D eigenvalue weighted by atomic mass is 9.93. The Kier molecular flexibility index (Phi) is 3.52. The Morgan fingerprint density at radius 2 is 2.05 bits per heavy atom. The molecule has 1 aliphatic rings. The van der Waals surface area contributed by atoms with E-state index in [1.165, 1.54) is 0 Å². The van der Waals surface area contributed by atoms with Crippen LogP contribution in [0.5, 0.6) is 0 Å². The number of pyridine rings is 1. The molecule has 1 aliphatic carbocycles. The second-order valence-corrected chi connectivity index (χ2v) is 4.91. The summed E-state index contributed by atoms with van der Waals surface area (Å²) in [5.41, 5.74) is 6.32. The van der Waals surface area contributed by atoms with Crippen LogP contribution in [0.1, 0.15) is 29.7 Å². The highest BCUT2D eigenvalue weighted by molar-refractivity contribution is 6.02. The van der Waals surface area contributed by atoms with Crippen LogP contribution in [0.4, 0.5) is 5.69 Å². The van der Waals surface area contributed by atoms with Gasteiger partial charge in [-0.05, 0) is 37.5 Å². The minimum absolute atomic E-state index is 0.128. The van der Waals surface area contributed by atoms with Gasteiger partial charge in [0, 0.05) is 11.3 Å². The number of rotatable bonds is 2. The Morgan fingerprint density at radius 3 is 2.81 bits per heavy atom. The highest BCUT2D eigenvalue weighted by Crippen LogP contribution is 2.20. The minimum Gasteiger partial charge on any atom is -0.324 e. The molecule has 0 bridgehead atoms. The Hall–Kier alpha value is -2.87. The molecule has 2 N–H and O–H groups in total. The van der Waals surface area contributed by atoms with Gasteiger partial charge in [0.05, 0.1) is 11.4 Å². The first-order chi connectivity index (χ1) is 10.3. The minimum atomic E-state index is -0.325. The molecule has 0 radical (unpaired) electrons. The van der Waals surface area contributed by atoms with E-state index in [2.05, 4.69) is 15.5 Å². The summed E-state index contributed by atoms with van der Waals surface area (Å²) in [6.45, 7) is 0. The number of aromatic nitrogens is 1. The molecule has 0 aliphatic heterocycles. The van der Waals surface area contributed by atoms with Crippen LogP contribution in [0.15, 0.2) is 46.3 Å². The predicted octanol–water partition coefficient (Wildman–Crippen LogP) is 2.40. The molecule has 1 aromatic heterocycles. The maximum absolute atomic E-state index is 11.7. The van der Waals surface area contributed by atoms with Crippen molar-refractivity contribution in [1.82, 2.24) is 4.98 Å². The largest absolute Gasteiger partial charge is 0.324 e. The van der Waals surface area contributed by atoms with E-state index in [4.69, 9.17) is 5.26 Å². The van der Waals surface area contributed by atoms with E-state index in [0.717, 1.165) is 41.9 Å². The van der Waals surface area contributed by atoms with Gasteiger partial charge in [-0.1, -0.05) is 18.2 Å². The van der Waals surface area contributed by atoms with Crippen molar-refractivity contribution in [2.75, 3.05) is 5.43 Å². The van der Waals surface area contributed by atoms with Gasteiger partial charge in [-0.25, -0.2) is 0 Å². The normalized spacial score (nSPS) is 15.3. The van der Waals surface area contributed by atoms with E-state index in [1.807, 2.05) is 36.4 Å². The number of aryl methyl sites for hydroxylation is 1. The quantitative estimate of drug-likeness (QED) is 0.828. The van der Waals surface area contributed by atoms with Crippen molar-refractivity contribution in [3.05, 3.63) is 63.6 Å². The topological polar surface area (TPSA) is 81.0 Å². The third-order valence-electron chi connectivity index (χ3n) is 3.49. The highest BCUT2D eigenvalue weighted by atomic mass is 16.1. The van der Waals surface area contributed by atoms with Crippen molar-refractivity contribution < 1.29 is 0 Å². The molecular weight excluding hydrogens is 264 g/mol. The van der Waals surface area contributed by atoms with Crippen LogP contribution in [0, 0.1) is 11.3 Å². The lowest BCUT2D eigenvalue weighted by molar-refractivity contribution is 0.801. The molecular formula is C16H14N4O. The van der Waals surface area contributed by atoms with Gasteiger partial charge in [0.2, 0.25) is 0 Å². The molecule has 0 fully saturated rings. The fourth-order valence-electron chi connectivity index (χ4n) is 2.43. The first-order valence-electron chi connectivity index (χ1n) is 6.82. The zero-order valence-electron chi connectivity index (χ0n) is 11.4. The van der Waals surface area contributed by atoms with E-state index in [0.29, 0.717) is 0 Å². The molecule has 3 rings (SSSR count). The van der Waals surface area contributed by atoms with Crippen molar-refractivity contribution in [2.24, 2.45) is 5.10 Å². The van der Waals surface area contributed by atoms with Crippen LogP contribution in [-0.2, 0) is 6.42 Å². The van der Waals surface area contributed by atoms with Crippen molar-refractivity contribution in [2.45, 2.75) is 19.3 Å². The number of hydrazone groups is 1. The Bertz CT molecular complexity index is 784. The molecule has 5 heteroatoms. The lowest BCUT2D eigenvalue weighted by Gasteiger charge is -2.17. The number of benzene rings is 1. The number of nitriles is 1. The molecule has 0 atom stereocenters. The van der Waals surface area contributed by atoms with E-state index in [9.17, 15) is 4.79 Å². The summed E-state index contributed by atoms with van der Waals surface area (Å²) in [7, 11) is 0. The first-order valence-corrected chi connectivity index (χ1v) is 6.82. The molecule has 104 valence electrons. The summed E-state index contributed by atoms with van der Waals surface area (Å²) in [5.74, 6) is 0. The van der Waals surface area contributed by atoms with Crippen LogP contribution in [0.3, 0.4) is 0 Å². The molecule has 21 heavy (non-hydrogen) atoms. The summed E-state index contributed by atoms with van der Waals surface area (Å²) in [6, 6.07) is 13.2. The number of nitrogens with one attached hydrogen (secondary N) is 2. The van der Waals surface area contributed by atoms with Crippen LogP contribution in [-0.4, -0.2) is 10.7 Å². The zero-order valence-corrected chi connectivity index (χ0v) is 11.4. The second kappa shape index (κ2) is 5.63. The molecule has 0 saturated heterocycles. The maximum atomic E-state index is 11.7. The first kappa shape index (κ1) is 13.1. The van der Waals surface area contributed by atoms with Crippen molar-refractivity contribution in [3.8, 4) is 6.07 Å². The number of H-pyrrole nitrogens is 1. The lowest BCUT2D eigenvalue weighted by Crippen LogP contribution is -2.22. The van der Waals surface area contributed by atoms with Gasteiger partial charge >= 0.3 is 0 Å². The average Bonchev–Trinajstić information content (AvgIpc) is 2.53. The van der Waals surface area contributed by atoms with E-state index >= 15 is 0 Å². The number of aromatic amines is 1. The van der Waals surface area contributed by atoms with Crippen LogP contribution < -0.4 is 11.0 Å². The van der Waals surface area contributed by atoms with Crippen LogP contribution >= 0.6 is 0 Å². The van der Waals surface area contributed by atoms with Crippen molar-refractivity contribution in [1.29, 1.82) is 5.26 Å². The molecule has 0 unspecified atom stereocenters. The molecule has 1 aromatic carbocycles. The van der Waals surface area contributed by atoms with Gasteiger partial charge in [-0.15, -0.1) is 0 Å². The van der Waals surface area contributed by atoms with Gasteiger partial charge in [0.15, 0.2) is 0 Å². The fourth-order valence-corrected chi connectivity index (χ4v) is 2.43. The van der Waals surface area contributed by atoms with Gasteiger partial charge in [0.1, 0.15) is 11.6 Å². The second-order valence-electron chi connectivity index (χ2n) is 4.91. The molecule has 0 saturated carbocycles. The monoisotopic (exact) mass is 278 g/mol. The Labute approximate surface area is 121 Å². The summed E-state index contributed by atoms with van der Waals surface area (Å²) in [6.07, 6.45) is 2.56. The third kappa shape index (κ3) is 2.70. The number of anilines is 1. The van der Waals surface area contributed by atoms with Gasteiger partial charge in [0.25, 0.3) is 5.56 Å². The fraction of sp³-hybridized carbons (Fsp3) is 0.188. The number of hydrogen-bond donors (Lipinski definition) is 2. The molecule has 0 spiro atoms. The molecule has 0 amide bonds. The standard InChI is InChI=1S/C16H14N4O/c17-10-11-9-13-14(18-16(11)21)7-4-8-15(13)20-19-12-5-2-1-3-6-12/h1-3,5-6,9,19H,4,7-8H2,(H,18,21)/b20-15+. The number of fused-ring (bicyclic) bond motifs is 1.